The van der Waals surface area contributed by atoms with E-state index in [9.17, 15) is 18.0 Å². The van der Waals surface area contributed by atoms with Crippen molar-refractivity contribution in [3.63, 3.8) is 0 Å². The Morgan fingerprint density at radius 3 is 2.33 bits per heavy atom. The minimum absolute atomic E-state index is 0.0255. The van der Waals surface area contributed by atoms with Crippen LogP contribution in [0.1, 0.15) is 18.9 Å². The van der Waals surface area contributed by atoms with Crippen LogP contribution in [0, 0.1) is 12.8 Å². The van der Waals surface area contributed by atoms with Crippen molar-refractivity contribution in [3.8, 4) is 0 Å². The van der Waals surface area contributed by atoms with E-state index in [0.29, 0.717) is 12.2 Å². The molecule has 0 radical (unpaired) electrons. The molecule has 1 atom stereocenters. The van der Waals surface area contributed by atoms with E-state index in [-0.39, 0.29) is 28.9 Å². The van der Waals surface area contributed by atoms with E-state index >= 15 is 0 Å². The largest absolute Gasteiger partial charge is 0.326 e. The summed E-state index contributed by atoms with van der Waals surface area (Å²) >= 11 is 0. The number of amides is 2. The molecule has 2 aromatic carbocycles. The molecule has 1 N–H and O–H groups in total. The summed E-state index contributed by atoms with van der Waals surface area (Å²) in [4.78, 5) is 26.7. The first-order chi connectivity index (χ1) is 12.8. The van der Waals surface area contributed by atoms with Crippen molar-refractivity contribution in [2.24, 2.45) is 5.92 Å². The Kier molecular flexibility index (Phi) is 5.32. The first kappa shape index (κ1) is 19.1. The summed E-state index contributed by atoms with van der Waals surface area (Å²) in [6.45, 7) is 3.89. The van der Waals surface area contributed by atoms with Gasteiger partial charge >= 0.3 is 0 Å². The van der Waals surface area contributed by atoms with Crippen LogP contribution in [0.25, 0.3) is 0 Å². The first-order valence-electron chi connectivity index (χ1n) is 8.81. The Balaban J connectivity index is 1.66. The molecule has 0 saturated carbocycles. The zero-order chi connectivity index (χ0) is 19.6. The molecule has 2 amide bonds. The molecule has 1 unspecified atom stereocenters. The van der Waals surface area contributed by atoms with Gasteiger partial charge in [0.25, 0.3) is 0 Å². The quantitative estimate of drug-likeness (QED) is 0.856. The first-order valence-corrected chi connectivity index (χ1v) is 10.5. The fraction of sp³-hybridized carbons (Fsp3) is 0.300. The summed E-state index contributed by atoms with van der Waals surface area (Å²) in [7, 11) is -3.27. The summed E-state index contributed by atoms with van der Waals surface area (Å²) in [5.41, 5.74) is 2.40. The zero-order valence-electron chi connectivity index (χ0n) is 15.3. The lowest BCUT2D eigenvalue weighted by Crippen LogP contribution is -2.28. The monoisotopic (exact) mass is 386 g/mol. The van der Waals surface area contributed by atoms with E-state index in [0.717, 1.165) is 11.3 Å². The van der Waals surface area contributed by atoms with Crippen LogP contribution in [0.5, 0.6) is 0 Å². The maximum absolute atomic E-state index is 12.5. The highest BCUT2D eigenvalue weighted by atomic mass is 32.2. The van der Waals surface area contributed by atoms with E-state index in [4.69, 9.17) is 0 Å². The second-order valence-corrected chi connectivity index (χ2v) is 8.94. The highest BCUT2D eigenvalue weighted by Gasteiger charge is 2.35. The fourth-order valence-corrected chi connectivity index (χ4v) is 3.90. The van der Waals surface area contributed by atoms with Gasteiger partial charge in [-0.05, 0) is 43.3 Å². The third kappa shape index (κ3) is 4.19. The second-order valence-electron chi connectivity index (χ2n) is 6.66. The van der Waals surface area contributed by atoms with Gasteiger partial charge in [0.1, 0.15) is 0 Å². The number of nitrogens with zero attached hydrogens (tertiary/aromatic N) is 1. The Morgan fingerprint density at radius 1 is 1.11 bits per heavy atom. The van der Waals surface area contributed by atoms with Gasteiger partial charge in [-0.3, -0.25) is 9.59 Å². The lowest BCUT2D eigenvalue weighted by atomic mass is 10.1. The number of carbonyl (C=O) groups excluding carboxylic acids is 2. The molecule has 1 aliphatic rings. The van der Waals surface area contributed by atoms with Crippen LogP contribution in [0.3, 0.4) is 0 Å². The number of hydrogen-bond donors (Lipinski definition) is 1. The molecule has 1 fully saturated rings. The molecule has 0 aliphatic carbocycles. The normalized spacial score (nSPS) is 17.2. The van der Waals surface area contributed by atoms with E-state index in [2.05, 4.69) is 5.32 Å². The van der Waals surface area contributed by atoms with Crippen LogP contribution in [0.15, 0.2) is 53.4 Å². The van der Waals surface area contributed by atoms with Gasteiger partial charge in [-0.25, -0.2) is 8.42 Å². The van der Waals surface area contributed by atoms with Crippen LogP contribution < -0.4 is 10.2 Å². The molecule has 0 spiro atoms. The van der Waals surface area contributed by atoms with Crippen molar-refractivity contribution in [2.45, 2.75) is 25.2 Å². The fourth-order valence-electron chi connectivity index (χ4n) is 3.01. The van der Waals surface area contributed by atoms with E-state index < -0.39 is 15.8 Å². The smallest absolute Gasteiger partial charge is 0.229 e. The van der Waals surface area contributed by atoms with Crippen molar-refractivity contribution >= 4 is 33.0 Å². The van der Waals surface area contributed by atoms with Crippen LogP contribution in [-0.2, 0) is 19.4 Å². The van der Waals surface area contributed by atoms with Gasteiger partial charge in [-0.15, -0.1) is 0 Å². The van der Waals surface area contributed by atoms with Gasteiger partial charge < -0.3 is 10.2 Å². The maximum atomic E-state index is 12.5. The number of nitrogens with one attached hydrogen (secondary N) is 1. The lowest BCUT2D eigenvalue weighted by Gasteiger charge is -2.17. The third-order valence-corrected chi connectivity index (χ3v) is 6.45. The van der Waals surface area contributed by atoms with E-state index in [1.165, 1.54) is 12.1 Å². The van der Waals surface area contributed by atoms with Gasteiger partial charge in [0.05, 0.1) is 16.6 Å². The molecule has 27 heavy (non-hydrogen) atoms. The SMILES string of the molecule is CCS(=O)(=O)c1ccc(NC(=O)C2CC(=O)N(c3ccc(C)cc3)C2)cc1. The Labute approximate surface area is 159 Å². The Morgan fingerprint density at radius 2 is 1.74 bits per heavy atom. The summed E-state index contributed by atoms with van der Waals surface area (Å²) in [5.74, 6) is -0.747. The lowest BCUT2D eigenvalue weighted by molar-refractivity contribution is -0.122. The Bertz CT molecular complexity index is 950. The van der Waals surface area contributed by atoms with Gasteiger partial charge in [0.2, 0.25) is 11.8 Å². The average Bonchev–Trinajstić information content (AvgIpc) is 3.05. The average molecular weight is 386 g/mol. The number of hydrogen-bond acceptors (Lipinski definition) is 4. The summed E-state index contributed by atoms with van der Waals surface area (Å²) < 4.78 is 23.7. The minimum atomic E-state index is -3.27. The van der Waals surface area contributed by atoms with Gasteiger partial charge in [0, 0.05) is 24.3 Å². The topological polar surface area (TPSA) is 83.5 Å². The number of anilines is 2. The molecule has 2 aromatic rings. The third-order valence-electron chi connectivity index (χ3n) is 4.70. The molecular formula is C20H22N2O4S. The van der Waals surface area contributed by atoms with Crippen LogP contribution >= 0.6 is 0 Å². The maximum Gasteiger partial charge on any atom is 0.229 e. The van der Waals surface area contributed by atoms with Crippen molar-refractivity contribution in [1.29, 1.82) is 0 Å². The highest BCUT2D eigenvalue weighted by molar-refractivity contribution is 7.91. The predicted octanol–water partition coefficient (Wildman–Crippen LogP) is 2.78. The van der Waals surface area contributed by atoms with Gasteiger partial charge in [0.15, 0.2) is 9.84 Å². The number of aryl methyl sites for hydroxylation is 1. The summed E-state index contributed by atoms with van der Waals surface area (Å²) in [6.07, 6.45) is 0.155. The van der Waals surface area contributed by atoms with Crippen LogP contribution in [0.4, 0.5) is 11.4 Å². The number of carbonyl (C=O) groups is 2. The number of sulfone groups is 1. The minimum Gasteiger partial charge on any atom is -0.326 e. The summed E-state index contributed by atoms with van der Waals surface area (Å²) in [5, 5.41) is 2.77. The molecule has 1 saturated heterocycles. The molecule has 1 heterocycles. The van der Waals surface area contributed by atoms with Crippen molar-refractivity contribution < 1.29 is 18.0 Å². The molecule has 7 heteroatoms. The number of benzene rings is 2. The van der Waals surface area contributed by atoms with E-state index in [1.807, 2.05) is 31.2 Å². The highest BCUT2D eigenvalue weighted by Crippen LogP contribution is 2.26. The molecule has 1 aliphatic heterocycles. The summed E-state index contributed by atoms with van der Waals surface area (Å²) in [6, 6.07) is 13.7. The molecular weight excluding hydrogens is 364 g/mol. The number of rotatable bonds is 5. The second kappa shape index (κ2) is 7.52. The molecule has 3 rings (SSSR count). The van der Waals surface area contributed by atoms with Gasteiger partial charge in [-0.1, -0.05) is 24.6 Å². The Hall–Kier alpha value is -2.67. The van der Waals surface area contributed by atoms with Crippen LogP contribution in [-0.4, -0.2) is 32.5 Å². The van der Waals surface area contributed by atoms with Crippen molar-refractivity contribution in [3.05, 3.63) is 54.1 Å². The molecule has 0 bridgehead atoms. The van der Waals surface area contributed by atoms with E-state index in [1.54, 1.807) is 24.0 Å². The van der Waals surface area contributed by atoms with Crippen LogP contribution in [0.2, 0.25) is 0 Å². The van der Waals surface area contributed by atoms with Gasteiger partial charge in [-0.2, -0.15) is 0 Å². The predicted molar refractivity (Wildman–Crippen MR) is 104 cm³/mol. The molecule has 6 nitrogen and oxygen atoms in total. The molecule has 142 valence electrons. The zero-order valence-corrected chi connectivity index (χ0v) is 16.1. The molecule has 0 aromatic heterocycles. The van der Waals surface area contributed by atoms with Crippen molar-refractivity contribution in [2.75, 3.05) is 22.5 Å². The standard InChI is InChI=1S/C20H22N2O4S/c1-3-27(25,26)18-10-6-16(7-11-18)21-20(24)15-12-19(23)22(13-15)17-8-4-14(2)5-9-17/h4-11,15H,3,12-13H2,1-2H3,(H,21,24). The van der Waals surface area contributed by atoms with Crippen molar-refractivity contribution in [1.82, 2.24) is 0 Å².